The highest BCUT2D eigenvalue weighted by molar-refractivity contribution is 6.30. The second-order valence-electron chi connectivity index (χ2n) is 2.49. The van der Waals surface area contributed by atoms with E-state index in [1.807, 2.05) is 0 Å². The normalized spacial score (nSPS) is 13.1. The Kier molecular flexibility index (Phi) is 2.47. The molecule has 1 aromatic rings. The monoisotopic (exact) mass is 173 g/mol. The molecule has 1 nitrogen and oxygen atoms in total. The van der Waals surface area contributed by atoms with Gasteiger partial charge < -0.3 is 5.73 Å². The third kappa shape index (κ3) is 2.17. The summed E-state index contributed by atoms with van der Waals surface area (Å²) >= 11 is 5.60. The standard InChI is InChI=1S/C8H9ClFN/c1-5(11)6-2-7(9)4-8(10)3-6/h2-5H,11H2,1H3/t5-/m1/s1. The average Bonchev–Trinajstić information content (AvgIpc) is 1.85. The third-order valence-electron chi connectivity index (χ3n) is 1.41. The maximum atomic E-state index is 12.6. The van der Waals surface area contributed by atoms with E-state index in [2.05, 4.69) is 0 Å². The van der Waals surface area contributed by atoms with Crippen LogP contribution in [0.1, 0.15) is 18.5 Å². The molecule has 60 valence electrons. The van der Waals surface area contributed by atoms with Crippen molar-refractivity contribution in [2.45, 2.75) is 13.0 Å². The van der Waals surface area contributed by atoms with Crippen LogP contribution in [0, 0.1) is 5.82 Å². The van der Waals surface area contributed by atoms with E-state index >= 15 is 0 Å². The molecular weight excluding hydrogens is 165 g/mol. The lowest BCUT2D eigenvalue weighted by molar-refractivity contribution is 0.622. The van der Waals surface area contributed by atoms with E-state index in [4.69, 9.17) is 17.3 Å². The molecule has 0 radical (unpaired) electrons. The highest BCUT2D eigenvalue weighted by Crippen LogP contribution is 2.17. The summed E-state index contributed by atoms with van der Waals surface area (Å²) in [6.07, 6.45) is 0. The van der Waals surface area contributed by atoms with Crippen LogP contribution in [0.2, 0.25) is 5.02 Å². The van der Waals surface area contributed by atoms with E-state index in [0.29, 0.717) is 5.02 Å². The Labute approximate surface area is 70.0 Å². The average molecular weight is 174 g/mol. The van der Waals surface area contributed by atoms with Crippen molar-refractivity contribution in [2.24, 2.45) is 5.73 Å². The molecule has 0 aliphatic rings. The van der Waals surface area contributed by atoms with Crippen molar-refractivity contribution in [1.29, 1.82) is 0 Å². The van der Waals surface area contributed by atoms with E-state index < -0.39 is 0 Å². The molecule has 1 atom stereocenters. The van der Waals surface area contributed by atoms with Gasteiger partial charge in [0, 0.05) is 11.1 Å². The summed E-state index contributed by atoms with van der Waals surface area (Å²) in [5, 5.41) is 0.386. The van der Waals surface area contributed by atoms with E-state index in [9.17, 15) is 4.39 Å². The number of hydrogen-bond acceptors (Lipinski definition) is 1. The summed E-state index contributed by atoms with van der Waals surface area (Å²) in [6, 6.07) is 4.13. The summed E-state index contributed by atoms with van der Waals surface area (Å²) in [5.41, 5.74) is 6.24. The first-order valence-corrected chi connectivity index (χ1v) is 3.69. The van der Waals surface area contributed by atoms with Crippen LogP contribution in [0.3, 0.4) is 0 Å². The Balaban J connectivity index is 3.08. The number of benzene rings is 1. The fourth-order valence-corrected chi connectivity index (χ4v) is 1.07. The highest BCUT2D eigenvalue weighted by atomic mass is 35.5. The molecule has 0 aliphatic heterocycles. The van der Waals surface area contributed by atoms with Crippen LogP contribution >= 0.6 is 11.6 Å². The van der Waals surface area contributed by atoms with Crippen LogP contribution in [0.5, 0.6) is 0 Å². The van der Waals surface area contributed by atoms with Crippen molar-refractivity contribution in [2.75, 3.05) is 0 Å². The molecule has 0 saturated carbocycles. The maximum absolute atomic E-state index is 12.6. The smallest absolute Gasteiger partial charge is 0.125 e. The number of rotatable bonds is 1. The molecule has 0 saturated heterocycles. The Morgan fingerprint density at radius 3 is 2.55 bits per heavy atom. The Hall–Kier alpha value is -0.600. The molecule has 0 bridgehead atoms. The van der Waals surface area contributed by atoms with Crippen molar-refractivity contribution in [3.05, 3.63) is 34.6 Å². The maximum Gasteiger partial charge on any atom is 0.125 e. The van der Waals surface area contributed by atoms with Crippen molar-refractivity contribution < 1.29 is 4.39 Å². The summed E-state index contributed by atoms with van der Waals surface area (Å²) in [6.45, 7) is 1.78. The highest BCUT2D eigenvalue weighted by Gasteiger charge is 2.02. The molecule has 0 fully saturated rings. The van der Waals surface area contributed by atoms with Crippen molar-refractivity contribution in [3.8, 4) is 0 Å². The van der Waals surface area contributed by atoms with Crippen molar-refractivity contribution in [3.63, 3.8) is 0 Å². The minimum Gasteiger partial charge on any atom is -0.324 e. The first kappa shape index (κ1) is 8.50. The van der Waals surface area contributed by atoms with Gasteiger partial charge in [-0.25, -0.2) is 4.39 Å². The lowest BCUT2D eigenvalue weighted by Gasteiger charge is -2.05. The van der Waals surface area contributed by atoms with E-state index in [-0.39, 0.29) is 11.9 Å². The zero-order valence-electron chi connectivity index (χ0n) is 6.14. The lowest BCUT2D eigenvalue weighted by Crippen LogP contribution is -2.04. The second kappa shape index (κ2) is 3.20. The first-order chi connectivity index (χ1) is 5.09. The van der Waals surface area contributed by atoms with Gasteiger partial charge in [-0.2, -0.15) is 0 Å². The summed E-state index contributed by atoms with van der Waals surface area (Å²) < 4.78 is 12.6. The van der Waals surface area contributed by atoms with Gasteiger partial charge in [0.2, 0.25) is 0 Å². The van der Waals surface area contributed by atoms with Crippen LogP contribution in [0.15, 0.2) is 18.2 Å². The number of halogens is 2. The summed E-state index contributed by atoms with van der Waals surface area (Å²) in [7, 11) is 0. The summed E-state index contributed by atoms with van der Waals surface area (Å²) in [5.74, 6) is -0.343. The Morgan fingerprint density at radius 1 is 1.45 bits per heavy atom. The van der Waals surface area contributed by atoms with Gasteiger partial charge in [0.25, 0.3) is 0 Å². The predicted molar refractivity (Wildman–Crippen MR) is 44.0 cm³/mol. The lowest BCUT2D eigenvalue weighted by atomic mass is 10.1. The van der Waals surface area contributed by atoms with Gasteiger partial charge >= 0.3 is 0 Å². The molecule has 0 unspecified atom stereocenters. The van der Waals surface area contributed by atoms with Crippen LogP contribution in [-0.4, -0.2) is 0 Å². The van der Waals surface area contributed by atoms with Gasteiger partial charge in [0.15, 0.2) is 0 Å². The zero-order chi connectivity index (χ0) is 8.43. The molecule has 2 N–H and O–H groups in total. The van der Waals surface area contributed by atoms with Gasteiger partial charge in [0.05, 0.1) is 0 Å². The Bertz CT molecular complexity index is 240. The topological polar surface area (TPSA) is 26.0 Å². The van der Waals surface area contributed by atoms with E-state index in [0.717, 1.165) is 5.56 Å². The predicted octanol–water partition coefficient (Wildman–Crippen LogP) is 2.50. The quantitative estimate of drug-likeness (QED) is 0.694. The van der Waals surface area contributed by atoms with Gasteiger partial charge in [0.1, 0.15) is 5.82 Å². The van der Waals surface area contributed by atoms with Crippen LogP contribution in [0.25, 0.3) is 0 Å². The number of hydrogen-bond donors (Lipinski definition) is 1. The first-order valence-electron chi connectivity index (χ1n) is 3.31. The molecule has 3 heteroatoms. The van der Waals surface area contributed by atoms with E-state index in [1.54, 1.807) is 13.0 Å². The molecule has 0 spiro atoms. The molecule has 0 amide bonds. The minimum absolute atomic E-state index is 0.178. The molecule has 0 aliphatic carbocycles. The third-order valence-corrected chi connectivity index (χ3v) is 1.63. The fraction of sp³-hybridized carbons (Fsp3) is 0.250. The van der Waals surface area contributed by atoms with Crippen LogP contribution < -0.4 is 5.73 Å². The molecule has 1 aromatic carbocycles. The van der Waals surface area contributed by atoms with Gasteiger partial charge in [-0.15, -0.1) is 0 Å². The summed E-state index contributed by atoms with van der Waals surface area (Å²) in [4.78, 5) is 0. The van der Waals surface area contributed by atoms with Gasteiger partial charge in [-0.3, -0.25) is 0 Å². The van der Waals surface area contributed by atoms with Gasteiger partial charge in [-0.1, -0.05) is 11.6 Å². The molecule has 0 heterocycles. The molecule has 0 aromatic heterocycles. The SMILES string of the molecule is C[C@@H](N)c1cc(F)cc(Cl)c1. The fourth-order valence-electron chi connectivity index (χ4n) is 0.838. The van der Waals surface area contributed by atoms with Crippen LogP contribution in [-0.2, 0) is 0 Å². The largest absolute Gasteiger partial charge is 0.324 e. The molecular formula is C8H9ClFN. The van der Waals surface area contributed by atoms with Crippen molar-refractivity contribution >= 4 is 11.6 Å². The number of nitrogens with two attached hydrogens (primary N) is 1. The van der Waals surface area contributed by atoms with Gasteiger partial charge in [-0.05, 0) is 30.7 Å². The Morgan fingerprint density at radius 2 is 2.09 bits per heavy atom. The van der Waals surface area contributed by atoms with E-state index in [1.165, 1.54) is 12.1 Å². The minimum atomic E-state index is -0.343. The zero-order valence-corrected chi connectivity index (χ0v) is 6.90. The molecule has 11 heavy (non-hydrogen) atoms. The van der Waals surface area contributed by atoms with Crippen LogP contribution in [0.4, 0.5) is 4.39 Å². The second-order valence-corrected chi connectivity index (χ2v) is 2.93. The van der Waals surface area contributed by atoms with Crippen molar-refractivity contribution in [1.82, 2.24) is 0 Å². The molecule has 1 rings (SSSR count).